The fraction of sp³-hybridized carbons (Fsp3) is 0.533. The van der Waals surface area contributed by atoms with E-state index >= 15 is 0 Å². The molecule has 0 bridgehead atoms. The molecule has 1 aliphatic carbocycles. The second-order valence-corrected chi connectivity index (χ2v) is 5.67. The van der Waals surface area contributed by atoms with Crippen LogP contribution >= 0.6 is 0 Å². The highest BCUT2D eigenvalue weighted by atomic mass is 16.4. The largest absolute Gasteiger partial charge is 0.481 e. The van der Waals surface area contributed by atoms with Crippen molar-refractivity contribution < 1.29 is 14.7 Å². The minimum Gasteiger partial charge on any atom is -0.481 e. The van der Waals surface area contributed by atoms with Crippen LogP contribution < -0.4 is 10.6 Å². The van der Waals surface area contributed by atoms with Gasteiger partial charge in [-0.3, -0.25) is 14.6 Å². The molecule has 0 aliphatic heterocycles. The molecule has 2 atom stereocenters. The summed E-state index contributed by atoms with van der Waals surface area (Å²) in [7, 11) is 1.55. The molecule has 1 aromatic rings. The summed E-state index contributed by atoms with van der Waals surface area (Å²) in [5.41, 5.74) is 0.257. The van der Waals surface area contributed by atoms with Crippen molar-refractivity contribution in [1.82, 2.24) is 10.3 Å². The lowest BCUT2D eigenvalue weighted by Gasteiger charge is -2.38. The number of amides is 1. The number of aliphatic carboxylic acids is 1. The Morgan fingerprint density at radius 2 is 2.19 bits per heavy atom. The van der Waals surface area contributed by atoms with E-state index in [9.17, 15) is 14.7 Å². The molecule has 1 heterocycles. The number of hydrogen-bond acceptors (Lipinski definition) is 4. The zero-order valence-electron chi connectivity index (χ0n) is 12.3. The number of pyridine rings is 1. The Morgan fingerprint density at radius 1 is 1.43 bits per heavy atom. The maximum absolute atomic E-state index is 11.6. The highest BCUT2D eigenvalue weighted by Crippen LogP contribution is 2.38. The number of carboxylic acid groups (broad SMARTS) is 1. The average Bonchev–Trinajstić information content (AvgIpc) is 2.49. The van der Waals surface area contributed by atoms with Crippen LogP contribution in [0, 0.1) is 5.41 Å². The zero-order valence-corrected chi connectivity index (χ0v) is 12.3. The molecule has 1 saturated carbocycles. The van der Waals surface area contributed by atoms with Crippen LogP contribution in [0.1, 0.15) is 43.1 Å². The predicted octanol–water partition coefficient (Wildman–Crippen LogP) is 1.89. The highest BCUT2D eigenvalue weighted by Gasteiger charge is 2.43. The fourth-order valence-electron chi connectivity index (χ4n) is 2.79. The van der Waals surface area contributed by atoms with Crippen LogP contribution in [0.15, 0.2) is 18.3 Å². The standard InChI is InChI=1S/C15H21N3O3/c1-15(14(20)21)7-4-3-5-12(15)18-10-6-8-17-11(9-10)13(19)16-2/h6,8-9,12H,3-5,7H2,1-2H3,(H,16,19)(H,17,18)(H,20,21). The number of hydrogen-bond donors (Lipinski definition) is 3. The van der Waals surface area contributed by atoms with E-state index in [1.54, 1.807) is 32.3 Å². The van der Waals surface area contributed by atoms with Crippen molar-refractivity contribution >= 4 is 17.6 Å². The van der Waals surface area contributed by atoms with E-state index < -0.39 is 11.4 Å². The maximum atomic E-state index is 11.6. The first kappa shape index (κ1) is 15.3. The lowest BCUT2D eigenvalue weighted by atomic mass is 9.71. The molecule has 21 heavy (non-hydrogen) atoms. The Balaban J connectivity index is 2.20. The van der Waals surface area contributed by atoms with Gasteiger partial charge in [-0.2, -0.15) is 0 Å². The minimum atomic E-state index is -0.783. The van der Waals surface area contributed by atoms with Crippen LogP contribution in [0.4, 0.5) is 5.69 Å². The number of nitrogens with one attached hydrogen (secondary N) is 2. The number of rotatable bonds is 4. The molecule has 114 valence electrons. The molecule has 0 radical (unpaired) electrons. The third-order valence-corrected chi connectivity index (χ3v) is 4.26. The molecule has 1 aromatic heterocycles. The molecule has 6 heteroatoms. The van der Waals surface area contributed by atoms with Crippen molar-refractivity contribution in [1.29, 1.82) is 0 Å². The van der Waals surface area contributed by atoms with Gasteiger partial charge >= 0.3 is 5.97 Å². The maximum Gasteiger partial charge on any atom is 0.311 e. The van der Waals surface area contributed by atoms with E-state index in [2.05, 4.69) is 15.6 Å². The van der Waals surface area contributed by atoms with Crippen LogP contribution in [0.25, 0.3) is 0 Å². The van der Waals surface area contributed by atoms with Gasteiger partial charge in [0.2, 0.25) is 0 Å². The Hall–Kier alpha value is -2.11. The topological polar surface area (TPSA) is 91.3 Å². The smallest absolute Gasteiger partial charge is 0.311 e. The van der Waals surface area contributed by atoms with Gasteiger partial charge in [-0.15, -0.1) is 0 Å². The first-order valence-electron chi connectivity index (χ1n) is 7.15. The van der Waals surface area contributed by atoms with Gasteiger partial charge in [0.1, 0.15) is 5.69 Å². The number of carboxylic acids is 1. The molecule has 6 nitrogen and oxygen atoms in total. The third-order valence-electron chi connectivity index (χ3n) is 4.26. The number of carbonyl (C=O) groups is 2. The minimum absolute atomic E-state index is 0.149. The van der Waals surface area contributed by atoms with E-state index in [1.807, 2.05) is 0 Å². The normalized spacial score (nSPS) is 25.1. The zero-order chi connectivity index (χ0) is 15.5. The van der Waals surface area contributed by atoms with Gasteiger partial charge in [-0.1, -0.05) is 12.8 Å². The van der Waals surface area contributed by atoms with Crippen LogP contribution in [0.3, 0.4) is 0 Å². The predicted molar refractivity (Wildman–Crippen MR) is 79.2 cm³/mol. The Morgan fingerprint density at radius 3 is 2.86 bits per heavy atom. The van der Waals surface area contributed by atoms with Crippen molar-refractivity contribution in [2.24, 2.45) is 5.41 Å². The highest BCUT2D eigenvalue weighted by molar-refractivity contribution is 5.92. The number of anilines is 1. The van der Waals surface area contributed by atoms with Gasteiger partial charge < -0.3 is 15.7 Å². The molecule has 0 aromatic carbocycles. The first-order valence-corrected chi connectivity index (χ1v) is 7.15. The van der Waals surface area contributed by atoms with Crippen molar-refractivity contribution in [3.63, 3.8) is 0 Å². The van der Waals surface area contributed by atoms with Crippen LogP contribution in [-0.4, -0.2) is 35.1 Å². The van der Waals surface area contributed by atoms with Gasteiger partial charge in [0.15, 0.2) is 0 Å². The molecule has 0 spiro atoms. The summed E-state index contributed by atoms with van der Waals surface area (Å²) in [5, 5.41) is 15.3. The quantitative estimate of drug-likeness (QED) is 0.788. The lowest BCUT2D eigenvalue weighted by Crippen LogP contribution is -2.46. The van der Waals surface area contributed by atoms with Gasteiger partial charge in [-0.25, -0.2) is 0 Å². The van der Waals surface area contributed by atoms with Crippen molar-refractivity contribution in [2.45, 2.75) is 38.6 Å². The molecule has 3 N–H and O–H groups in total. The summed E-state index contributed by atoms with van der Waals surface area (Å²) >= 11 is 0. The van der Waals surface area contributed by atoms with Gasteiger partial charge in [0.05, 0.1) is 5.41 Å². The summed E-state index contributed by atoms with van der Waals surface area (Å²) in [6.45, 7) is 1.78. The lowest BCUT2D eigenvalue weighted by molar-refractivity contribution is -0.150. The molecule has 2 unspecified atom stereocenters. The summed E-state index contributed by atoms with van der Waals surface area (Å²) < 4.78 is 0. The summed E-state index contributed by atoms with van der Waals surface area (Å²) in [4.78, 5) is 27.2. The fourth-order valence-corrected chi connectivity index (χ4v) is 2.79. The van der Waals surface area contributed by atoms with Crippen LogP contribution in [-0.2, 0) is 4.79 Å². The van der Waals surface area contributed by atoms with E-state index in [4.69, 9.17) is 0 Å². The Kier molecular flexibility index (Phi) is 4.45. The average molecular weight is 291 g/mol. The SMILES string of the molecule is CNC(=O)c1cc(NC2CCCCC2(C)C(=O)O)ccn1. The van der Waals surface area contributed by atoms with Gasteiger partial charge in [0, 0.05) is 25.0 Å². The monoisotopic (exact) mass is 291 g/mol. The molecule has 0 saturated heterocycles. The molecule has 1 aliphatic rings. The van der Waals surface area contributed by atoms with E-state index in [-0.39, 0.29) is 11.9 Å². The van der Waals surface area contributed by atoms with E-state index in [1.165, 1.54) is 0 Å². The van der Waals surface area contributed by atoms with E-state index in [0.717, 1.165) is 24.9 Å². The molecule has 1 amide bonds. The summed E-state index contributed by atoms with van der Waals surface area (Å²) in [6, 6.07) is 3.25. The number of nitrogens with zero attached hydrogens (tertiary/aromatic N) is 1. The Labute approximate surface area is 124 Å². The molecule has 1 fully saturated rings. The summed E-state index contributed by atoms with van der Waals surface area (Å²) in [5.74, 6) is -1.04. The van der Waals surface area contributed by atoms with Crippen molar-refractivity contribution in [3.05, 3.63) is 24.0 Å². The van der Waals surface area contributed by atoms with E-state index in [0.29, 0.717) is 12.1 Å². The molecular formula is C15H21N3O3. The third kappa shape index (κ3) is 3.15. The molecular weight excluding hydrogens is 270 g/mol. The van der Waals surface area contributed by atoms with Gasteiger partial charge in [0.25, 0.3) is 5.91 Å². The van der Waals surface area contributed by atoms with Crippen LogP contribution in [0.5, 0.6) is 0 Å². The first-order chi connectivity index (χ1) is 9.97. The molecule has 2 rings (SSSR count). The summed E-state index contributed by atoms with van der Waals surface area (Å²) in [6.07, 6.45) is 4.95. The van der Waals surface area contributed by atoms with Gasteiger partial charge in [-0.05, 0) is 31.9 Å². The number of carbonyl (C=O) groups excluding carboxylic acids is 1. The van der Waals surface area contributed by atoms with Crippen molar-refractivity contribution in [3.8, 4) is 0 Å². The second kappa shape index (κ2) is 6.11. The van der Waals surface area contributed by atoms with Crippen molar-refractivity contribution in [2.75, 3.05) is 12.4 Å². The van der Waals surface area contributed by atoms with Crippen LogP contribution in [0.2, 0.25) is 0 Å². The number of aromatic nitrogens is 1. The second-order valence-electron chi connectivity index (χ2n) is 5.67. The Bertz CT molecular complexity index is 547.